The molecule has 0 atom stereocenters. The third-order valence-electron chi connectivity index (χ3n) is 1.36. The van der Waals surface area contributed by atoms with Crippen molar-refractivity contribution in [3.63, 3.8) is 0 Å². The van der Waals surface area contributed by atoms with Gasteiger partial charge in [0.1, 0.15) is 5.82 Å². The molecule has 0 bridgehead atoms. The SMILES string of the molecule is CNc1nc(C)nc(N(C)C)n1. The Morgan fingerprint density at radius 3 is 2.33 bits per heavy atom. The lowest BCUT2D eigenvalue weighted by Gasteiger charge is -2.10. The van der Waals surface area contributed by atoms with Crippen LogP contribution >= 0.6 is 0 Å². The Kier molecular flexibility index (Phi) is 2.42. The molecule has 1 rings (SSSR count). The molecule has 0 aromatic carbocycles. The van der Waals surface area contributed by atoms with Crippen LogP contribution in [-0.2, 0) is 0 Å². The zero-order chi connectivity index (χ0) is 9.14. The van der Waals surface area contributed by atoms with Crippen LogP contribution in [0.1, 0.15) is 5.82 Å². The summed E-state index contributed by atoms with van der Waals surface area (Å²) in [6.45, 7) is 1.84. The molecule has 1 aromatic heterocycles. The van der Waals surface area contributed by atoms with Crippen molar-refractivity contribution in [1.29, 1.82) is 0 Å². The summed E-state index contributed by atoms with van der Waals surface area (Å²) in [5.41, 5.74) is 0. The number of aromatic nitrogens is 3. The number of anilines is 2. The van der Waals surface area contributed by atoms with Crippen molar-refractivity contribution in [3.05, 3.63) is 5.82 Å². The Morgan fingerprint density at radius 1 is 1.17 bits per heavy atom. The highest BCUT2D eigenvalue weighted by atomic mass is 15.3. The van der Waals surface area contributed by atoms with Gasteiger partial charge in [-0.1, -0.05) is 0 Å². The molecule has 1 aromatic rings. The maximum absolute atomic E-state index is 4.14. The zero-order valence-corrected chi connectivity index (χ0v) is 7.79. The molecule has 0 radical (unpaired) electrons. The third-order valence-corrected chi connectivity index (χ3v) is 1.36. The van der Waals surface area contributed by atoms with Gasteiger partial charge in [-0.05, 0) is 6.92 Å². The number of aryl methyl sites for hydroxylation is 1. The van der Waals surface area contributed by atoms with Crippen LogP contribution in [0.5, 0.6) is 0 Å². The molecule has 0 amide bonds. The Bertz CT molecular complexity index is 270. The van der Waals surface area contributed by atoms with Gasteiger partial charge in [0, 0.05) is 21.1 Å². The summed E-state index contributed by atoms with van der Waals surface area (Å²) in [7, 11) is 5.58. The molecule has 1 N–H and O–H groups in total. The highest BCUT2D eigenvalue weighted by Gasteiger charge is 2.02. The highest BCUT2D eigenvalue weighted by molar-refractivity contribution is 5.34. The van der Waals surface area contributed by atoms with E-state index in [9.17, 15) is 0 Å². The molecule has 0 aliphatic rings. The quantitative estimate of drug-likeness (QED) is 0.686. The lowest BCUT2D eigenvalue weighted by Crippen LogP contribution is -2.15. The van der Waals surface area contributed by atoms with Gasteiger partial charge in [0.15, 0.2) is 0 Å². The van der Waals surface area contributed by atoms with E-state index in [4.69, 9.17) is 0 Å². The Labute approximate surface area is 71.9 Å². The Balaban J connectivity index is 3.06. The molecule has 5 nitrogen and oxygen atoms in total. The maximum Gasteiger partial charge on any atom is 0.229 e. The van der Waals surface area contributed by atoms with Crippen LogP contribution in [0.2, 0.25) is 0 Å². The van der Waals surface area contributed by atoms with Gasteiger partial charge in [0.05, 0.1) is 0 Å². The molecule has 0 fully saturated rings. The van der Waals surface area contributed by atoms with Crippen LogP contribution in [0.3, 0.4) is 0 Å². The topological polar surface area (TPSA) is 53.9 Å². The summed E-state index contributed by atoms with van der Waals surface area (Å²) < 4.78 is 0. The number of rotatable bonds is 2. The fourth-order valence-corrected chi connectivity index (χ4v) is 0.780. The van der Waals surface area contributed by atoms with Crippen LogP contribution in [0, 0.1) is 6.92 Å². The molecular formula is C7H13N5. The van der Waals surface area contributed by atoms with Gasteiger partial charge in [-0.3, -0.25) is 0 Å². The van der Waals surface area contributed by atoms with E-state index in [2.05, 4.69) is 20.3 Å². The summed E-state index contributed by atoms with van der Waals surface area (Å²) in [4.78, 5) is 14.2. The first kappa shape index (κ1) is 8.70. The largest absolute Gasteiger partial charge is 0.357 e. The van der Waals surface area contributed by atoms with Crippen LogP contribution in [-0.4, -0.2) is 36.1 Å². The molecule has 12 heavy (non-hydrogen) atoms. The molecule has 0 saturated carbocycles. The van der Waals surface area contributed by atoms with E-state index in [1.807, 2.05) is 25.9 Å². The standard InChI is InChI=1S/C7H13N5/c1-5-9-6(8-2)11-7(10-5)12(3)4/h1-4H3,(H,8,9,10,11). The van der Waals surface area contributed by atoms with E-state index in [0.29, 0.717) is 11.9 Å². The molecule has 0 aliphatic carbocycles. The Morgan fingerprint density at radius 2 is 1.83 bits per heavy atom. The first-order chi connectivity index (χ1) is 5.63. The van der Waals surface area contributed by atoms with Gasteiger partial charge in [-0.15, -0.1) is 0 Å². The summed E-state index contributed by atoms with van der Waals surface area (Å²) in [6.07, 6.45) is 0. The molecule has 0 unspecified atom stereocenters. The van der Waals surface area contributed by atoms with E-state index in [1.165, 1.54) is 0 Å². The van der Waals surface area contributed by atoms with Crippen molar-refractivity contribution in [1.82, 2.24) is 15.0 Å². The summed E-state index contributed by atoms with van der Waals surface area (Å²) in [6, 6.07) is 0. The first-order valence-corrected chi connectivity index (χ1v) is 3.71. The number of nitrogens with zero attached hydrogens (tertiary/aromatic N) is 4. The third kappa shape index (κ3) is 1.81. The normalized spacial score (nSPS) is 9.67. The number of hydrogen-bond donors (Lipinski definition) is 1. The second-order valence-corrected chi connectivity index (χ2v) is 2.65. The predicted octanol–water partition coefficient (Wildman–Crippen LogP) is 0.288. The van der Waals surface area contributed by atoms with E-state index < -0.39 is 0 Å². The monoisotopic (exact) mass is 167 g/mol. The Hall–Kier alpha value is -1.39. The van der Waals surface area contributed by atoms with Crippen molar-refractivity contribution in [2.45, 2.75) is 6.92 Å². The minimum atomic E-state index is 0.603. The molecule has 0 aliphatic heterocycles. The van der Waals surface area contributed by atoms with Crippen molar-refractivity contribution in [2.24, 2.45) is 0 Å². The molecule has 0 spiro atoms. The van der Waals surface area contributed by atoms with Gasteiger partial charge in [-0.25, -0.2) is 0 Å². The average molecular weight is 167 g/mol. The van der Waals surface area contributed by atoms with Gasteiger partial charge in [0.2, 0.25) is 11.9 Å². The molecule has 5 heteroatoms. The lowest BCUT2D eigenvalue weighted by molar-refractivity contribution is 0.920. The van der Waals surface area contributed by atoms with Gasteiger partial charge in [-0.2, -0.15) is 15.0 Å². The van der Waals surface area contributed by atoms with Crippen molar-refractivity contribution >= 4 is 11.9 Å². The zero-order valence-electron chi connectivity index (χ0n) is 7.79. The minimum Gasteiger partial charge on any atom is -0.357 e. The van der Waals surface area contributed by atoms with Crippen molar-refractivity contribution < 1.29 is 0 Å². The predicted molar refractivity (Wildman–Crippen MR) is 48.4 cm³/mol. The van der Waals surface area contributed by atoms with E-state index in [-0.39, 0.29) is 0 Å². The van der Waals surface area contributed by atoms with Crippen LogP contribution in [0.4, 0.5) is 11.9 Å². The average Bonchev–Trinajstić information content (AvgIpc) is 2.03. The van der Waals surface area contributed by atoms with Crippen molar-refractivity contribution in [3.8, 4) is 0 Å². The second-order valence-electron chi connectivity index (χ2n) is 2.65. The van der Waals surface area contributed by atoms with Crippen LogP contribution < -0.4 is 10.2 Å². The molecule has 1 heterocycles. The highest BCUT2D eigenvalue weighted by Crippen LogP contribution is 2.05. The van der Waals surface area contributed by atoms with Gasteiger partial charge < -0.3 is 10.2 Å². The van der Waals surface area contributed by atoms with E-state index >= 15 is 0 Å². The van der Waals surface area contributed by atoms with Crippen molar-refractivity contribution in [2.75, 3.05) is 31.4 Å². The number of hydrogen-bond acceptors (Lipinski definition) is 5. The van der Waals surface area contributed by atoms with Crippen LogP contribution in [0.25, 0.3) is 0 Å². The number of nitrogens with one attached hydrogen (secondary N) is 1. The molecular weight excluding hydrogens is 154 g/mol. The van der Waals surface area contributed by atoms with Gasteiger partial charge in [0.25, 0.3) is 0 Å². The summed E-state index contributed by atoms with van der Waals surface area (Å²) in [5.74, 6) is 2.00. The second kappa shape index (κ2) is 3.34. The molecule has 0 saturated heterocycles. The lowest BCUT2D eigenvalue weighted by atomic mass is 10.6. The van der Waals surface area contributed by atoms with E-state index in [0.717, 1.165) is 5.82 Å². The van der Waals surface area contributed by atoms with E-state index in [1.54, 1.807) is 7.05 Å². The van der Waals surface area contributed by atoms with Gasteiger partial charge >= 0.3 is 0 Å². The fourth-order valence-electron chi connectivity index (χ4n) is 0.780. The molecule has 66 valence electrons. The maximum atomic E-state index is 4.14. The minimum absolute atomic E-state index is 0.603. The summed E-state index contributed by atoms with van der Waals surface area (Å²) >= 11 is 0. The first-order valence-electron chi connectivity index (χ1n) is 3.71. The smallest absolute Gasteiger partial charge is 0.229 e. The fraction of sp³-hybridized carbons (Fsp3) is 0.571. The summed E-state index contributed by atoms with van der Waals surface area (Å²) in [5, 5.41) is 2.87. The van der Waals surface area contributed by atoms with Crippen LogP contribution in [0.15, 0.2) is 0 Å².